The number of hydrogen-bond donors (Lipinski definition) is 1. The maximum Gasteiger partial charge on any atom is 0.151 e. The van der Waals surface area contributed by atoms with Gasteiger partial charge in [0.15, 0.2) is 9.84 Å². The van der Waals surface area contributed by atoms with Crippen LogP contribution in [0.5, 0.6) is 0 Å². The van der Waals surface area contributed by atoms with Crippen molar-refractivity contribution in [1.29, 1.82) is 0 Å². The number of nitrogens with one attached hydrogen (secondary N) is 1. The van der Waals surface area contributed by atoms with Crippen LogP contribution in [0.3, 0.4) is 0 Å². The minimum atomic E-state index is -2.81. The standard InChI is InChI=1S/C15H31NO2S/c1-5-19(17,18)11-10-16-12-13-6-8-14(9-7-13)15(2,3)4/h13-14,16H,5-12H2,1-4H3. The van der Waals surface area contributed by atoms with Gasteiger partial charge >= 0.3 is 0 Å². The SMILES string of the molecule is CCS(=O)(=O)CCNCC1CCC(C(C)(C)C)CC1. The highest BCUT2D eigenvalue weighted by atomic mass is 32.2. The Morgan fingerprint density at radius 3 is 2.16 bits per heavy atom. The Labute approximate surface area is 119 Å². The highest BCUT2D eigenvalue weighted by molar-refractivity contribution is 7.91. The molecule has 1 aliphatic rings. The highest BCUT2D eigenvalue weighted by Crippen LogP contribution is 2.39. The normalized spacial score (nSPS) is 25.5. The van der Waals surface area contributed by atoms with Gasteiger partial charge in [0.25, 0.3) is 0 Å². The van der Waals surface area contributed by atoms with Crippen LogP contribution in [0.4, 0.5) is 0 Å². The van der Waals surface area contributed by atoms with Crippen molar-refractivity contribution in [3.05, 3.63) is 0 Å². The van der Waals surface area contributed by atoms with Gasteiger partial charge in [0.2, 0.25) is 0 Å². The average Bonchev–Trinajstić information content (AvgIpc) is 2.34. The number of sulfone groups is 1. The van der Waals surface area contributed by atoms with E-state index < -0.39 is 9.84 Å². The van der Waals surface area contributed by atoms with E-state index in [0.29, 0.717) is 12.0 Å². The molecule has 0 atom stereocenters. The molecule has 0 amide bonds. The Morgan fingerprint density at radius 1 is 1.11 bits per heavy atom. The van der Waals surface area contributed by atoms with Crippen LogP contribution < -0.4 is 5.32 Å². The van der Waals surface area contributed by atoms with Crippen molar-refractivity contribution in [3.63, 3.8) is 0 Å². The van der Waals surface area contributed by atoms with Gasteiger partial charge in [0.1, 0.15) is 0 Å². The molecule has 114 valence electrons. The molecule has 0 aromatic rings. The largest absolute Gasteiger partial charge is 0.315 e. The first-order chi connectivity index (χ1) is 8.74. The predicted octanol–water partition coefficient (Wildman–Crippen LogP) is 2.86. The maximum atomic E-state index is 11.4. The molecule has 0 unspecified atom stereocenters. The van der Waals surface area contributed by atoms with Crippen molar-refractivity contribution in [3.8, 4) is 0 Å². The molecular formula is C15H31NO2S. The van der Waals surface area contributed by atoms with Crippen molar-refractivity contribution in [2.75, 3.05) is 24.6 Å². The summed E-state index contributed by atoms with van der Waals surface area (Å²) in [6, 6.07) is 0. The third-order valence-corrected chi connectivity index (χ3v) is 6.24. The van der Waals surface area contributed by atoms with Crippen LogP contribution in [0.1, 0.15) is 53.4 Å². The third kappa shape index (κ3) is 6.26. The van der Waals surface area contributed by atoms with Gasteiger partial charge in [-0.3, -0.25) is 0 Å². The lowest BCUT2D eigenvalue weighted by atomic mass is 9.70. The summed E-state index contributed by atoms with van der Waals surface area (Å²) in [5.74, 6) is 2.12. The first kappa shape index (κ1) is 17.0. The quantitative estimate of drug-likeness (QED) is 0.765. The van der Waals surface area contributed by atoms with Gasteiger partial charge in [0, 0.05) is 12.3 Å². The van der Waals surface area contributed by atoms with E-state index in [-0.39, 0.29) is 11.5 Å². The molecule has 0 bridgehead atoms. The van der Waals surface area contributed by atoms with Crippen LogP contribution >= 0.6 is 0 Å². The molecule has 0 radical (unpaired) electrons. The Balaban J connectivity index is 2.17. The molecular weight excluding hydrogens is 258 g/mol. The molecule has 4 heteroatoms. The van der Waals surface area contributed by atoms with Crippen molar-refractivity contribution >= 4 is 9.84 Å². The van der Waals surface area contributed by atoms with Crippen LogP contribution in [0, 0.1) is 17.3 Å². The van der Waals surface area contributed by atoms with Crippen molar-refractivity contribution in [2.45, 2.75) is 53.4 Å². The summed E-state index contributed by atoms with van der Waals surface area (Å²) in [7, 11) is -2.81. The molecule has 3 nitrogen and oxygen atoms in total. The van der Waals surface area contributed by atoms with Gasteiger partial charge in [-0.2, -0.15) is 0 Å². The Bertz CT molecular complexity index is 349. The zero-order valence-electron chi connectivity index (χ0n) is 13.0. The summed E-state index contributed by atoms with van der Waals surface area (Å²) >= 11 is 0. The lowest BCUT2D eigenvalue weighted by Gasteiger charge is -2.37. The molecule has 0 spiro atoms. The van der Waals surface area contributed by atoms with Gasteiger partial charge in [0.05, 0.1) is 5.75 Å². The lowest BCUT2D eigenvalue weighted by Crippen LogP contribution is -2.32. The Hall–Kier alpha value is -0.0900. The Kier molecular flexibility index (Phi) is 6.31. The van der Waals surface area contributed by atoms with Crippen molar-refractivity contribution in [1.82, 2.24) is 5.32 Å². The summed E-state index contributed by atoms with van der Waals surface area (Å²) in [5.41, 5.74) is 0.438. The molecule has 0 heterocycles. The van der Waals surface area contributed by atoms with E-state index in [1.54, 1.807) is 6.92 Å². The molecule has 1 saturated carbocycles. The van der Waals surface area contributed by atoms with Crippen LogP contribution in [0.2, 0.25) is 0 Å². The van der Waals surface area contributed by atoms with Gasteiger partial charge in [-0.1, -0.05) is 27.7 Å². The molecule has 1 rings (SSSR count). The fourth-order valence-electron chi connectivity index (χ4n) is 2.91. The van der Waals surface area contributed by atoms with Gasteiger partial charge in [-0.15, -0.1) is 0 Å². The third-order valence-electron chi connectivity index (χ3n) is 4.53. The minimum absolute atomic E-state index is 0.255. The predicted molar refractivity (Wildman–Crippen MR) is 82.1 cm³/mol. The summed E-state index contributed by atoms with van der Waals surface area (Å²) in [5, 5.41) is 3.32. The van der Waals surface area contributed by atoms with E-state index in [4.69, 9.17) is 0 Å². The number of rotatable bonds is 6. The summed E-state index contributed by atoms with van der Waals surface area (Å²) in [4.78, 5) is 0. The van der Waals surface area contributed by atoms with Crippen LogP contribution in [0.25, 0.3) is 0 Å². The molecule has 1 N–H and O–H groups in total. The Morgan fingerprint density at radius 2 is 1.68 bits per heavy atom. The first-order valence-electron chi connectivity index (χ1n) is 7.65. The topological polar surface area (TPSA) is 46.2 Å². The molecule has 0 aromatic carbocycles. The highest BCUT2D eigenvalue weighted by Gasteiger charge is 2.29. The fourth-order valence-corrected chi connectivity index (χ4v) is 3.65. The molecule has 1 aliphatic carbocycles. The van der Waals surface area contributed by atoms with Gasteiger partial charge < -0.3 is 5.32 Å². The molecule has 0 aromatic heterocycles. The molecule has 0 saturated heterocycles. The second-order valence-electron chi connectivity index (χ2n) is 7.02. The van der Waals surface area contributed by atoms with E-state index in [9.17, 15) is 8.42 Å². The van der Waals surface area contributed by atoms with Gasteiger partial charge in [-0.05, 0) is 49.5 Å². The molecule has 1 fully saturated rings. The van der Waals surface area contributed by atoms with Crippen molar-refractivity contribution in [2.24, 2.45) is 17.3 Å². The lowest BCUT2D eigenvalue weighted by molar-refractivity contribution is 0.149. The maximum absolute atomic E-state index is 11.4. The van der Waals surface area contributed by atoms with Crippen LogP contribution in [-0.4, -0.2) is 33.0 Å². The van der Waals surface area contributed by atoms with Crippen LogP contribution in [0.15, 0.2) is 0 Å². The zero-order valence-corrected chi connectivity index (χ0v) is 13.9. The summed E-state index contributed by atoms with van der Waals surface area (Å²) in [6.07, 6.45) is 5.22. The van der Waals surface area contributed by atoms with E-state index in [1.807, 2.05) is 0 Å². The first-order valence-corrected chi connectivity index (χ1v) is 9.48. The second kappa shape index (κ2) is 7.07. The van der Waals surface area contributed by atoms with E-state index >= 15 is 0 Å². The smallest absolute Gasteiger partial charge is 0.151 e. The van der Waals surface area contributed by atoms with Crippen LogP contribution in [-0.2, 0) is 9.84 Å². The average molecular weight is 289 g/mol. The number of hydrogen-bond acceptors (Lipinski definition) is 3. The minimum Gasteiger partial charge on any atom is -0.315 e. The van der Waals surface area contributed by atoms with E-state index in [0.717, 1.165) is 18.4 Å². The summed E-state index contributed by atoms with van der Waals surface area (Å²) in [6.45, 7) is 10.3. The monoisotopic (exact) mass is 289 g/mol. The van der Waals surface area contributed by atoms with Crippen molar-refractivity contribution < 1.29 is 8.42 Å². The molecule has 19 heavy (non-hydrogen) atoms. The summed E-state index contributed by atoms with van der Waals surface area (Å²) < 4.78 is 22.7. The fraction of sp³-hybridized carbons (Fsp3) is 1.00. The second-order valence-corrected chi connectivity index (χ2v) is 9.50. The van der Waals surface area contributed by atoms with E-state index in [1.165, 1.54) is 25.7 Å². The zero-order chi connectivity index (χ0) is 14.5. The van der Waals surface area contributed by atoms with E-state index in [2.05, 4.69) is 26.1 Å². The molecule has 0 aliphatic heterocycles. The van der Waals surface area contributed by atoms with Gasteiger partial charge in [-0.25, -0.2) is 8.42 Å².